The van der Waals surface area contributed by atoms with Crippen LogP contribution in [0.1, 0.15) is 22.7 Å². The van der Waals surface area contributed by atoms with Gasteiger partial charge in [-0.25, -0.2) is 0 Å². The average molecular weight is 344 g/mol. The molecule has 1 unspecified atom stereocenters. The van der Waals surface area contributed by atoms with Crippen LogP contribution in [0.5, 0.6) is 23.0 Å². The van der Waals surface area contributed by atoms with Crippen molar-refractivity contribution in [2.45, 2.75) is 18.9 Å². The zero-order valence-electron chi connectivity index (χ0n) is 15.3. The number of ether oxygens (including phenoxy) is 3. The molecule has 0 saturated heterocycles. The molecule has 0 saturated carbocycles. The van der Waals surface area contributed by atoms with Crippen molar-refractivity contribution in [3.8, 4) is 23.0 Å². The topological polar surface area (TPSA) is 52.4 Å². The molecule has 134 valence electrons. The first-order valence-electron chi connectivity index (χ1n) is 8.50. The highest BCUT2D eigenvalue weighted by atomic mass is 16.5. The molecule has 0 fully saturated rings. The summed E-state index contributed by atoms with van der Waals surface area (Å²) < 4.78 is 16.1. The molecule has 2 aromatic rings. The molecule has 2 aromatic carbocycles. The summed E-state index contributed by atoms with van der Waals surface area (Å²) in [4.78, 5) is 1.45. The van der Waals surface area contributed by atoms with Gasteiger partial charge < -0.3 is 24.2 Å². The lowest BCUT2D eigenvalue weighted by Crippen LogP contribution is -3.10. The Bertz CT molecular complexity index is 760. The second-order valence-electron chi connectivity index (χ2n) is 6.52. The molecule has 3 rings (SSSR count). The molecule has 0 spiro atoms. The van der Waals surface area contributed by atoms with E-state index < -0.39 is 0 Å². The van der Waals surface area contributed by atoms with Gasteiger partial charge in [-0.1, -0.05) is 6.07 Å². The van der Waals surface area contributed by atoms with Crippen molar-refractivity contribution in [1.29, 1.82) is 0 Å². The van der Waals surface area contributed by atoms with Crippen LogP contribution in [-0.2, 0) is 12.8 Å². The smallest absolute Gasteiger partial charge is 0.161 e. The maximum Gasteiger partial charge on any atom is 0.161 e. The Kier molecular flexibility index (Phi) is 5.04. The van der Waals surface area contributed by atoms with Crippen LogP contribution < -0.4 is 19.1 Å². The van der Waals surface area contributed by atoms with Crippen molar-refractivity contribution in [3.05, 3.63) is 47.0 Å². The number of rotatable bonds is 5. The van der Waals surface area contributed by atoms with E-state index >= 15 is 0 Å². The highest BCUT2D eigenvalue weighted by molar-refractivity contribution is 5.49. The molecule has 0 radical (unpaired) electrons. The second-order valence-corrected chi connectivity index (χ2v) is 6.52. The fraction of sp³-hybridized carbons (Fsp3) is 0.400. The van der Waals surface area contributed by atoms with E-state index in [1.807, 2.05) is 12.1 Å². The summed E-state index contributed by atoms with van der Waals surface area (Å²) in [7, 11) is 7.11. The lowest BCUT2D eigenvalue weighted by molar-refractivity contribution is -0.914. The minimum atomic E-state index is 0.181. The van der Waals surface area contributed by atoms with Crippen molar-refractivity contribution < 1.29 is 24.2 Å². The number of nitrogens with one attached hydrogen (secondary N) is 1. The van der Waals surface area contributed by atoms with Crippen molar-refractivity contribution in [2.75, 3.05) is 34.9 Å². The van der Waals surface area contributed by atoms with E-state index in [1.54, 1.807) is 27.4 Å². The quantitative estimate of drug-likeness (QED) is 0.868. The third-order valence-corrected chi connectivity index (χ3v) is 5.09. The fourth-order valence-electron chi connectivity index (χ4n) is 3.63. The Labute approximate surface area is 148 Å². The molecule has 25 heavy (non-hydrogen) atoms. The molecular formula is C20H26NO4+. The van der Waals surface area contributed by atoms with Gasteiger partial charge >= 0.3 is 0 Å². The van der Waals surface area contributed by atoms with Crippen molar-refractivity contribution in [3.63, 3.8) is 0 Å². The van der Waals surface area contributed by atoms with Crippen molar-refractivity contribution in [2.24, 2.45) is 0 Å². The van der Waals surface area contributed by atoms with Crippen LogP contribution in [0, 0.1) is 0 Å². The number of hydrogen-bond donors (Lipinski definition) is 2. The van der Waals surface area contributed by atoms with Crippen LogP contribution in [0.3, 0.4) is 0 Å². The van der Waals surface area contributed by atoms with E-state index in [1.165, 1.54) is 16.0 Å². The first-order chi connectivity index (χ1) is 12.1. The number of fused-ring (bicyclic) bond motifs is 1. The molecule has 5 heteroatoms. The zero-order valence-corrected chi connectivity index (χ0v) is 15.3. The van der Waals surface area contributed by atoms with Crippen molar-refractivity contribution >= 4 is 0 Å². The number of likely N-dealkylation sites (N-methyl/N-ethyl adjacent to an activating group) is 1. The van der Waals surface area contributed by atoms with E-state index in [4.69, 9.17) is 14.2 Å². The molecular weight excluding hydrogens is 318 g/mol. The van der Waals surface area contributed by atoms with Crippen LogP contribution in [0.15, 0.2) is 30.3 Å². The highest BCUT2D eigenvalue weighted by Gasteiger charge is 2.30. The number of quaternary nitrogens is 1. The van der Waals surface area contributed by atoms with E-state index in [0.29, 0.717) is 11.8 Å². The average Bonchev–Trinajstić information content (AvgIpc) is 2.63. The van der Waals surface area contributed by atoms with Gasteiger partial charge in [0, 0.05) is 18.4 Å². The standard InChI is InChI=1S/C20H25NO4/c1-21-8-7-14-11-19(24-3)20(25-4)12-15(14)16(21)9-13-5-6-18(23-2)17(22)10-13/h5-6,10-12,16,22H,7-9H2,1-4H3/p+1/t16-/m1/s1. The number of phenolic OH excluding ortho intramolecular Hbond substituents is 1. The van der Waals surface area contributed by atoms with Gasteiger partial charge in [0.15, 0.2) is 23.0 Å². The van der Waals surface area contributed by atoms with E-state index in [9.17, 15) is 5.11 Å². The monoisotopic (exact) mass is 344 g/mol. The maximum absolute atomic E-state index is 10.1. The van der Waals surface area contributed by atoms with Gasteiger partial charge in [-0.05, 0) is 35.4 Å². The molecule has 0 amide bonds. The van der Waals surface area contributed by atoms with Crippen LogP contribution >= 0.6 is 0 Å². The van der Waals surface area contributed by atoms with Crippen LogP contribution in [-0.4, -0.2) is 40.0 Å². The molecule has 1 aliphatic heterocycles. The summed E-state index contributed by atoms with van der Waals surface area (Å²) in [5, 5.41) is 10.1. The molecule has 0 aromatic heterocycles. The number of aromatic hydroxyl groups is 1. The van der Waals surface area contributed by atoms with Gasteiger partial charge in [-0.3, -0.25) is 0 Å². The largest absolute Gasteiger partial charge is 0.504 e. The molecule has 2 atom stereocenters. The Morgan fingerprint density at radius 1 is 1.00 bits per heavy atom. The maximum atomic E-state index is 10.1. The summed E-state index contributed by atoms with van der Waals surface area (Å²) in [6, 6.07) is 10.1. The van der Waals surface area contributed by atoms with Crippen LogP contribution in [0.2, 0.25) is 0 Å². The molecule has 5 nitrogen and oxygen atoms in total. The lowest BCUT2D eigenvalue weighted by atomic mass is 9.88. The Balaban J connectivity index is 1.96. The Hall–Kier alpha value is -2.40. The van der Waals surface area contributed by atoms with Crippen LogP contribution in [0.4, 0.5) is 0 Å². The number of methoxy groups -OCH3 is 3. The molecule has 0 bridgehead atoms. The van der Waals surface area contributed by atoms with E-state index in [2.05, 4.69) is 19.2 Å². The van der Waals surface area contributed by atoms with Gasteiger partial charge in [0.1, 0.15) is 6.04 Å². The minimum absolute atomic E-state index is 0.181. The summed E-state index contributed by atoms with van der Waals surface area (Å²) in [6.45, 7) is 1.06. The van der Waals surface area contributed by atoms with Gasteiger partial charge in [-0.2, -0.15) is 0 Å². The predicted molar refractivity (Wildman–Crippen MR) is 96.1 cm³/mol. The first kappa shape index (κ1) is 17.4. The zero-order chi connectivity index (χ0) is 18.0. The second kappa shape index (κ2) is 7.23. The SMILES string of the molecule is COc1ccc(C[C@@H]2c3cc(OC)c(OC)cc3CC[NH+]2C)cc1O. The number of phenols is 1. The highest BCUT2D eigenvalue weighted by Crippen LogP contribution is 2.35. The lowest BCUT2D eigenvalue weighted by Gasteiger charge is -2.32. The predicted octanol–water partition coefficient (Wildman–Crippen LogP) is 1.77. The van der Waals surface area contributed by atoms with E-state index in [-0.39, 0.29) is 5.75 Å². The van der Waals surface area contributed by atoms with Gasteiger partial charge in [0.05, 0.1) is 34.9 Å². The molecule has 2 N–H and O–H groups in total. The summed E-state index contributed by atoms with van der Waals surface area (Å²) >= 11 is 0. The Morgan fingerprint density at radius 3 is 2.32 bits per heavy atom. The molecule has 1 heterocycles. The third-order valence-electron chi connectivity index (χ3n) is 5.09. The fourth-order valence-corrected chi connectivity index (χ4v) is 3.63. The number of hydrogen-bond acceptors (Lipinski definition) is 4. The van der Waals surface area contributed by atoms with Gasteiger partial charge in [0.25, 0.3) is 0 Å². The minimum Gasteiger partial charge on any atom is -0.504 e. The summed E-state index contributed by atoms with van der Waals surface area (Å²) in [6.07, 6.45) is 1.86. The van der Waals surface area contributed by atoms with Gasteiger partial charge in [0.2, 0.25) is 0 Å². The summed E-state index contributed by atoms with van der Waals surface area (Å²) in [5.41, 5.74) is 3.69. The third kappa shape index (κ3) is 3.37. The normalized spacial score (nSPS) is 19.2. The van der Waals surface area contributed by atoms with Crippen LogP contribution in [0.25, 0.3) is 0 Å². The van der Waals surface area contributed by atoms with E-state index in [0.717, 1.165) is 36.4 Å². The first-order valence-corrected chi connectivity index (χ1v) is 8.50. The summed E-state index contributed by atoms with van der Waals surface area (Å²) in [5.74, 6) is 2.22. The molecule has 1 aliphatic rings. The van der Waals surface area contributed by atoms with Crippen molar-refractivity contribution in [1.82, 2.24) is 0 Å². The Morgan fingerprint density at radius 2 is 1.68 bits per heavy atom. The number of benzene rings is 2. The molecule has 0 aliphatic carbocycles. The van der Waals surface area contributed by atoms with Gasteiger partial charge in [-0.15, -0.1) is 0 Å².